The minimum Gasteiger partial charge on any atom is -0.383 e. The second-order valence-electron chi connectivity index (χ2n) is 6.67. The third-order valence-corrected chi connectivity index (χ3v) is 3.63. The summed E-state index contributed by atoms with van der Waals surface area (Å²) in [6.07, 6.45) is 5.39. The molecule has 1 aliphatic rings. The van der Waals surface area contributed by atoms with Crippen LogP contribution in [0.15, 0.2) is 0 Å². The Hall–Kier alpha value is -1.32. The standard InChI is InChI=1S/C15H26N4/c1-10-12(16)18-14(15(2,3)4)19-13(10)17-9-5-6-11-7-8-11/h11H,5-9H2,1-4H3,(H3,16,17,18,19). The fourth-order valence-corrected chi connectivity index (χ4v) is 2.05. The summed E-state index contributed by atoms with van der Waals surface area (Å²) in [5, 5.41) is 3.42. The van der Waals surface area contributed by atoms with Gasteiger partial charge >= 0.3 is 0 Å². The zero-order chi connectivity index (χ0) is 14.0. The van der Waals surface area contributed by atoms with Gasteiger partial charge < -0.3 is 11.1 Å². The highest BCUT2D eigenvalue weighted by atomic mass is 15.1. The van der Waals surface area contributed by atoms with Crippen molar-refractivity contribution in [2.24, 2.45) is 5.92 Å². The summed E-state index contributed by atoms with van der Waals surface area (Å²) in [7, 11) is 0. The van der Waals surface area contributed by atoms with Gasteiger partial charge in [0, 0.05) is 17.5 Å². The van der Waals surface area contributed by atoms with Gasteiger partial charge in [-0.2, -0.15) is 0 Å². The molecule has 4 nitrogen and oxygen atoms in total. The van der Waals surface area contributed by atoms with Crippen LogP contribution in [-0.2, 0) is 5.41 Å². The van der Waals surface area contributed by atoms with Crippen LogP contribution < -0.4 is 11.1 Å². The molecule has 0 unspecified atom stereocenters. The van der Waals surface area contributed by atoms with Gasteiger partial charge in [-0.25, -0.2) is 9.97 Å². The normalized spacial score (nSPS) is 15.6. The highest BCUT2D eigenvalue weighted by molar-refractivity contribution is 5.55. The molecule has 0 atom stereocenters. The topological polar surface area (TPSA) is 63.8 Å². The van der Waals surface area contributed by atoms with Crippen molar-refractivity contribution in [1.29, 1.82) is 0 Å². The van der Waals surface area contributed by atoms with Crippen molar-refractivity contribution in [3.63, 3.8) is 0 Å². The summed E-state index contributed by atoms with van der Waals surface area (Å²) in [6, 6.07) is 0. The first-order chi connectivity index (χ1) is 8.88. The van der Waals surface area contributed by atoms with Gasteiger partial charge in [-0.15, -0.1) is 0 Å². The molecule has 1 fully saturated rings. The molecule has 0 radical (unpaired) electrons. The summed E-state index contributed by atoms with van der Waals surface area (Å²) < 4.78 is 0. The van der Waals surface area contributed by atoms with E-state index in [9.17, 15) is 0 Å². The van der Waals surface area contributed by atoms with Crippen LogP contribution in [-0.4, -0.2) is 16.5 Å². The Morgan fingerprint density at radius 1 is 1.26 bits per heavy atom. The predicted octanol–water partition coefficient (Wildman–Crippen LogP) is 3.27. The maximum absolute atomic E-state index is 5.99. The molecule has 3 N–H and O–H groups in total. The van der Waals surface area contributed by atoms with Crippen LogP contribution in [0.3, 0.4) is 0 Å². The van der Waals surface area contributed by atoms with Gasteiger partial charge in [0.2, 0.25) is 0 Å². The lowest BCUT2D eigenvalue weighted by Gasteiger charge is -2.19. The molecule has 0 aliphatic heterocycles. The summed E-state index contributed by atoms with van der Waals surface area (Å²) in [6.45, 7) is 9.26. The molecule has 19 heavy (non-hydrogen) atoms. The minimum atomic E-state index is -0.0771. The SMILES string of the molecule is Cc1c(N)nc(C(C)(C)C)nc1NCCCC1CC1. The number of nitrogens with two attached hydrogens (primary N) is 1. The Kier molecular flexibility index (Phi) is 3.97. The summed E-state index contributed by atoms with van der Waals surface area (Å²) in [5.74, 6) is 3.28. The zero-order valence-electron chi connectivity index (χ0n) is 12.6. The number of nitrogens with zero attached hydrogens (tertiary/aromatic N) is 2. The van der Waals surface area contributed by atoms with E-state index >= 15 is 0 Å². The lowest BCUT2D eigenvalue weighted by Crippen LogP contribution is -2.19. The van der Waals surface area contributed by atoms with Crippen molar-refractivity contribution in [3.05, 3.63) is 11.4 Å². The molecule has 106 valence electrons. The monoisotopic (exact) mass is 262 g/mol. The van der Waals surface area contributed by atoms with Gasteiger partial charge in [0.15, 0.2) is 0 Å². The first kappa shape index (κ1) is 14.1. The van der Waals surface area contributed by atoms with E-state index in [2.05, 4.69) is 36.1 Å². The summed E-state index contributed by atoms with van der Waals surface area (Å²) in [5.41, 5.74) is 6.87. The molecule has 0 aromatic carbocycles. The molecular formula is C15H26N4. The quantitative estimate of drug-likeness (QED) is 0.799. The van der Waals surface area contributed by atoms with Gasteiger partial charge in [-0.05, 0) is 25.7 Å². The van der Waals surface area contributed by atoms with Crippen molar-refractivity contribution in [3.8, 4) is 0 Å². The summed E-state index contributed by atoms with van der Waals surface area (Å²) in [4.78, 5) is 9.03. The van der Waals surface area contributed by atoms with Gasteiger partial charge in [0.1, 0.15) is 17.5 Å². The maximum atomic E-state index is 5.99. The highest BCUT2D eigenvalue weighted by Crippen LogP contribution is 2.33. The third kappa shape index (κ3) is 3.82. The van der Waals surface area contributed by atoms with E-state index in [0.29, 0.717) is 5.82 Å². The van der Waals surface area contributed by atoms with Crippen molar-refractivity contribution in [2.75, 3.05) is 17.6 Å². The van der Waals surface area contributed by atoms with E-state index in [4.69, 9.17) is 5.73 Å². The van der Waals surface area contributed by atoms with Gasteiger partial charge in [-0.1, -0.05) is 33.6 Å². The van der Waals surface area contributed by atoms with E-state index in [1.807, 2.05) is 6.92 Å². The van der Waals surface area contributed by atoms with Crippen LogP contribution >= 0.6 is 0 Å². The Labute approximate surface area is 116 Å². The van der Waals surface area contributed by atoms with E-state index < -0.39 is 0 Å². The molecule has 2 rings (SSSR count). The lowest BCUT2D eigenvalue weighted by atomic mass is 9.95. The van der Waals surface area contributed by atoms with Crippen LogP contribution in [0.5, 0.6) is 0 Å². The average Bonchev–Trinajstić information content (AvgIpc) is 3.12. The lowest BCUT2D eigenvalue weighted by molar-refractivity contribution is 0.546. The molecule has 1 saturated carbocycles. The fourth-order valence-electron chi connectivity index (χ4n) is 2.05. The number of nitrogens with one attached hydrogen (secondary N) is 1. The van der Waals surface area contributed by atoms with Gasteiger partial charge in [-0.3, -0.25) is 0 Å². The number of anilines is 2. The van der Waals surface area contributed by atoms with Crippen LogP contribution in [0.2, 0.25) is 0 Å². The van der Waals surface area contributed by atoms with E-state index in [0.717, 1.165) is 29.7 Å². The number of rotatable bonds is 5. The van der Waals surface area contributed by atoms with E-state index in [-0.39, 0.29) is 5.41 Å². The molecule has 1 heterocycles. The molecule has 0 spiro atoms. The van der Waals surface area contributed by atoms with E-state index in [1.54, 1.807) is 0 Å². The molecule has 0 saturated heterocycles. The average molecular weight is 262 g/mol. The molecular weight excluding hydrogens is 236 g/mol. The number of nitrogen functional groups attached to an aromatic ring is 1. The second kappa shape index (κ2) is 5.35. The summed E-state index contributed by atoms with van der Waals surface area (Å²) >= 11 is 0. The first-order valence-corrected chi connectivity index (χ1v) is 7.26. The Morgan fingerprint density at radius 3 is 2.53 bits per heavy atom. The Bertz CT molecular complexity index is 444. The van der Waals surface area contributed by atoms with Gasteiger partial charge in [0.25, 0.3) is 0 Å². The predicted molar refractivity (Wildman–Crippen MR) is 80.3 cm³/mol. The Balaban J connectivity index is 2.02. The largest absolute Gasteiger partial charge is 0.383 e. The molecule has 4 heteroatoms. The van der Waals surface area contributed by atoms with Crippen LogP contribution in [0.1, 0.15) is 57.8 Å². The number of hydrogen-bond donors (Lipinski definition) is 2. The fraction of sp³-hybridized carbons (Fsp3) is 0.733. The van der Waals surface area contributed by atoms with E-state index in [1.165, 1.54) is 25.7 Å². The Morgan fingerprint density at radius 2 is 1.95 bits per heavy atom. The van der Waals surface area contributed by atoms with Gasteiger partial charge in [0.05, 0.1) is 0 Å². The zero-order valence-corrected chi connectivity index (χ0v) is 12.6. The van der Waals surface area contributed by atoms with Crippen molar-refractivity contribution < 1.29 is 0 Å². The van der Waals surface area contributed by atoms with Crippen molar-refractivity contribution in [1.82, 2.24) is 9.97 Å². The molecule has 1 aliphatic carbocycles. The smallest absolute Gasteiger partial charge is 0.138 e. The highest BCUT2D eigenvalue weighted by Gasteiger charge is 2.21. The van der Waals surface area contributed by atoms with Crippen molar-refractivity contribution in [2.45, 2.75) is 58.8 Å². The molecule has 1 aromatic rings. The van der Waals surface area contributed by atoms with Crippen LogP contribution in [0.25, 0.3) is 0 Å². The van der Waals surface area contributed by atoms with Crippen LogP contribution in [0, 0.1) is 12.8 Å². The second-order valence-corrected chi connectivity index (χ2v) is 6.67. The first-order valence-electron chi connectivity index (χ1n) is 7.26. The molecule has 1 aromatic heterocycles. The van der Waals surface area contributed by atoms with Crippen molar-refractivity contribution >= 4 is 11.6 Å². The minimum absolute atomic E-state index is 0.0771. The number of aromatic nitrogens is 2. The van der Waals surface area contributed by atoms with Crippen LogP contribution in [0.4, 0.5) is 11.6 Å². The maximum Gasteiger partial charge on any atom is 0.138 e. The molecule has 0 amide bonds. The number of hydrogen-bond acceptors (Lipinski definition) is 4. The third-order valence-electron chi connectivity index (χ3n) is 3.63. The molecule has 0 bridgehead atoms.